The summed E-state index contributed by atoms with van der Waals surface area (Å²) in [6.45, 7) is 1.42. The van der Waals surface area contributed by atoms with Crippen LogP contribution in [-0.2, 0) is 16.1 Å². The highest BCUT2D eigenvalue weighted by atomic mass is 19.1. The predicted octanol–water partition coefficient (Wildman–Crippen LogP) is 3.67. The molecule has 4 aliphatic rings. The largest absolute Gasteiger partial charge is 0.330 e. The number of halogens is 1. The summed E-state index contributed by atoms with van der Waals surface area (Å²) in [5.74, 6) is -2.50. The zero-order valence-corrected chi connectivity index (χ0v) is 23.0. The Hall–Kier alpha value is -4.37. The molecule has 3 atom stereocenters. The minimum atomic E-state index is -0.841. The number of carbonyl (C=O) groups is 4. The molecule has 0 spiro atoms. The van der Waals surface area contributed by atoms with Crippen LogP contribution in [0, 0.1) is 5.82 Å². The van der Waals surface area contributed by atoms with Crippen molar-refractivity contribution in [1.29, 1.82) is 0 Å². The molecule has 4 aliphatic heterocycles. The normalized spacial score (nSPS) is 23.9. The molecule has 4 amide bonds. The highest BCUT2D eigenvalue weighted by Gasteiger charge is 2.46. The smallest absolute Gasteiger partial charge is 0.258 e. The highest BCUT2D eigenvalue weighted by molar-refractivity contribution is 6.06. The highest BCUT2D eigenvalue weighted by Crippen LogP contribution is 2.39. The van der Waals surface area contributed by atoms with E-state index in [2.05, 4.69) is 34.5 Å². The number of rotatable bonds is 5. The Morgan fingerprint density at radius 2 is 1.48 bits per heavy atom. The molecule has 0 saturated carbocycles. The fourth-order valence-electron chi connectivity index (χ4n) is 7.29. The second-order valence-electron chi connectivity index (χ2n) is 11.7. The minimum Gasteiger partial charge on any atom is -0.330 e. The SMILES string of the molecule is O=C1CCC(N2Cc3cc(C(=O)N4C5CCC4CN(C(c4ccccc4)c4ccccc4)C5)cc(F)c3C2=O)C(=O)N1. The van der Waals surface area contributed by atoms with Gasteiger partial charge in [-0.3, -0.25) is 29.4 Å². The van der Waals surface area contributed by atoms with Crippen molar-refractivity contribution in [3.63, 3.8) is 0 Å². The number of nitrogens with zero attached hydrogens (tertiary/aromatic N) is 3. The van der Waals surface area contributed by atoms with Crippen LogP contribution < -0.4 is 5.32 Å². The van der Waals surface area contributed by atoms with Gasteiger partial charge < -0.3 is 9.80 Å². The van der Waals surface area contributed by atoms with Crippen molar-refractivity contribution in [2.24, 2.45) is 0 Å². The Labute approximate surface area is 243 Å². The third-order valence-electron chi connectivity index (χ3n) is 9.16. The summed E-state index contributed by atoms with van der Waals surface area (Å²) in [7, 11) is 0. The molecule has 2 bridgehead atoms. The number of fused-ring (bicyclic) bond motifs is 3. The monoisotopic (exact) mass is 566 g/mol. The molecular formula is C33H31FN4O4. The van der Waals surface area contributed by atoms with Gasteiger partial charge in [0.25, 0.3) is 11.8 Å². The molecule has 4 heterocycles. The summed E-state index contributed by atoms with van der Waals surface area (Å²) in [6.07, 6.45) is 2.06. The summed E-state index contributed by atoms with van der Waals surface area (Å²) in [6, 6.07) is 22.8. The van der Waals surface area contributed by atoms with Crippen LogP contribution in [0.15, 0.2) is 72.8 Å². The number of benzene rings is 3. The third kappa shape index (κ3) is 4.48. The molecule has 42 heavy (non-hydrogen) atoms. The van der Waals surface area contributed by atoms with Gasteiger partial charge in [0.2, 0.25) is 11.8 Å². The Morgan fingerprint density at radius 1 is 0.857 bits per heavy atom. The zero-order valence-electron chi connectivity index (χ0n) is 23.0. The lowest BCUT2D eigenvalue weighted by Crippen LogP contribution is -2.56. The molecule has 3 fully saturated rings. The average molecular weight is 567 g/mol. The fourth-order valence-corrected chi connectivity index (χ4v) is 7.29. The number of carbonyl (C=O) groups excluding carboxylic acids is 4. The van der Waals surface area contributed by atoms with Gasteiger partial charge in [0, 0.05) is 43.7 Å². The molecule has 9 heteroatoms. The molecule has 0 radical (unpaired) electrons. The average Bonchev–Trinajstić information content (AvgIpc) is 3.46. The standard InChI is InChI=1S/C33H31FN4O4/c34-26-16-22(15-23-17-37(33(42)29(23)26)27-13-14-28(39)35-31(27)40)32(41)38-24-11-12-25(38)19-36(18-24)30(20-7-3-1-4-8-20)21-9-5-2-6-10-21/h1-10,15-16,24-25,27,30H,11-14,17-19H2,(H,35,39,40). The second kappa shape index (κ2) is 10.5. The van der Waals surface area contributed by atoms with Crippen LogP contribution in [0.2, 0.25) is 0 Å². The van der Waals surface area contributed by atoms with E-state index in [4.69, 9.17) is 0 Å². The first-order valence-corrected chi connectivity index (χ1v) is 14.5. The van der Waals surface area contributed by atoms with E-state index < -0.39 is 23.7 Å². The Bertz CT molecular complexity index is 1530. The number of hydrogen-bond donors (Lipinski definition) is 1. The van der Waals surface area contributed by atoms with Crippen molar-refractivity contribution in [2.75, 3.05) is 13.1 Å². The van der Waals surface area contributed by atoms with Gasteiger partial charge >= 0.3 is 0 Å². The van der Waals surface area contributed by atoms with Crippen molar-refractivity contribution in [3.8, 4) is 0 Å². The molecule has 3 aromatic rings. The van der Waals surface area contributed by atoms with Crippen LogP contribution in [0.25, 0.3) is 0 Å². The van der Waals surface area contributed by atoms with Gasteiger partial charge in [0.15, 0.2) is 0 Å². The van der Waals surface area contributed by atoms with E-state index in [9.17, 15) is 19.2 Å². The first-order valence-electron chi connectivity index (χ1n) is 14.5. The van der Waals surface area contributed by atoms with Crippen LogP contribution >= 0.6 is 0 Å². The van der Waals surface area contributed by atoms with Gasteiger partial charge in [0.1, 0.15) is 11.9 Å². The van der Waals surface area contributed by atoms with E-state index >= 15 is 4.39 Å². The maximum atomic E-state index is 15.4. The minimum absolute atomic E-state index is 0.0101. The Kier molecular flexibility index (Phi) is 6.61. The van der Waals surface area contributed by atoms with Crippen LogP contribution in [0.3, 0.4) is 0 Å². The van der Waals surface area contributed by atoms with Gasteiger partial charge in [-0.15, -0.1) is 0 Å². The summed E-state index contributed by atoms with van der Waals surface area (Å²) in [5.41, 5.74) is 2.92. The molecule has 1 N–H and O–H groups in total. The van der Waals surface area contributed by atoms with E-state index in [1.807, 2.05) is 41.3 Å². The molecule has 3 saturated heterocycles. The van der Waals surface area contributed by atoms with E-state index in [1.54, 1.807) is 6.07 Å². The number of likely N-dealkylation sites (tertiary alicyclic amines) is 1. The van der Waals surface area contributed by atoms with Crippen molar-refractivity contribution >= 4 is 23.6 Å². The molecule has 214 valence electrons. The maximum absolute atomic E-state index is 15.4. The predicted molar refractivity (Wildman–Crippen MR) is 152 cm³/mol. The lowest BCUT2D eigenvalue weighted by molar-refractivity contribution is -0.136. The fraction of sp³-hybridized carbons (Fsp3) is 0.333. The number of amides is 4. The van der Waals surface area contributed by atoms with E-state index in [0.29, 0.717) is 18.7 Å². The summed E-state index contributed by atoms with van der Waals surface area (Å²) < 4.78 is 15.4. The molecule has 3 aromatic carbocycles. The van der Waals surface area contributed by atoms with Crippen molar-refractivity contribution in [3.05, 3.63) is 106 Å². The van der Waals surface area contributed by atoms with Gasteiger partial charge in [-0.25, -0.2) is 4.39 Å². The molecule has 3 unspecified atom stereocenters. The van der Waals surface area contributed by atoms with Crippen molar-refractivity contribution in [1.82, 2.24) is 20.0 Å². The zero-order chi connectivity index (χ0) is 29.0. The van der Waals surface area contributed by atoms with Crippen molar-refractivity contribution < 1.29 is 23.6 Å². The first-order chi connectivity index (χ1) is 20.4. The summed E-state index contributed by atoms with van der Waals surface area (Å²) in [4.78, 5) is 56.7. The Morgan fingerprint density at radius 3 is 2.07 bits per heavy atom. The van der Waals surface area contributed by atoms with E-state index in [-0.39, 0.29) is 60.5 Å². The second-order valence-corrected chi connectivity index (χ2v) is 11.7. The lowest BCUT2D eigenvalue weighted by atomic mass is 9.95. The number of piperazine rings is 1. The van der Waals surface area contributed by atoms with Crippen molar-refractivity contribution in [2.45, 2.75) is 56.4 Å². The molecule has 0 aliphatic carbocycles. The molecule has 8 nitrogen and oxygen atoms in total. The topological polar surface area (TPSA) is 90.0 Å². The van der Waals surface area contributed by atoms with Gasteiger partial charge in [0.05, 0.1) is 11.6 Å². The van der Waals surface area contributed by atoms with Crippen LogP contribution in [0.1, 0.15) is 69.1 Å². The Balaban J connectivity index is 1.13. The van der Waals surface area contributed by atoms with Gasteiger partial charge in [-0.1, -0.05) is 60.7 Å². The first kappa shape index (κ1) is 26.5. The molecule has 0 aromatic heterocycles. The lowest BCUT2D eigenvalue weighted by Gasteiger charge is -2.44. The maximum Gasteiger partial charge on any atom is 0.258 e. The van der Waals surface area contributed by atoms with Crippen LogP contribution in [-0.4, -0.2) is 69.5 Å². The van der Waals surface area contributed by atoms with E-state index in [0.717, 1.165) is 18.9 Å². The molecule has 7 rings (SSSR count). The number of nitrogens with one attached hydrogen (secondary N) is 1. The summed E-state index contributed by atoms with van der Waals surface area (Å²) in [5, 5.41) is 2.26. The van der Waals surface area contributed by atoms with E-state index in [1.165, 1.54) is 16.0 Å². The number of piperidine rings is 1. The van der Waals surface area contributed by atoms with Crippen LogP contribution in [0.4, 0.5) is 4.39 Å². The van der Waals surface area contributed by atoms with Gasteiger partial charge in [-0.05, 0) is 48.1 Å². The number of imide groups is 1. The van der Waals surface area contributed by atoms with Crippen LogP contribution in [0.5, 0.6) is 0 Å². The summed E-state index contributed by atoms with van der Waals surface area (Å²) >= 11 is 0. The quantitative estimate of drug-likeness (QED) is 0.476. The molecular weight excluding hydrogens is 535 g/mol. The number of hydrogen-bond acceptors (Lipinski definition) is 5. The third-order valence-corrected chi connectivity index (χ3v) is 9.16. The van der Waals surface area contributed by atoms with Gasteiger partial charge in [-0.2, -0.15) is 0 Å².